The van der Waals surface area contributed by atoms with E-state index in [-0.39, 0.29) is 24.0 Å². The maximum absolute atomic E-state index is 14.1. The lowest BCUT2D eigenvalue weighted by atomic mass is 10.0. The summed E-state index contributed by atoms with van der Waals surface area (Å²) in [7, 11) is -4.33. The average Bonchev–Trinajstić information content (AvgIpc) is 2.94. The van der Waals surface area contributed by atoms with Crippen LogP contribution in [0.5, 0.6) is 0 Å². The fraction of sp³-hybridized carbons (Fsp3) is 0.333. The van der Waals surface area contributed by atoms with Gasteiger partial charge in [-0.15, -0.1) is 0 Å². The number of nitrogens with zero attached hydrogens (tertiary/aromatic N) is 2. The Hall–Kier alpha value is -3.28. The third kappa shape index (κ3) is 9.35. The molecule has 0 aliphatic rings. The Labute approximate surface area is 259 Å². The molecule has 43 heavy (non-hydrogen) atoms. The molecule has 7 nitrogen and oxygen atoms in total. The van der Waals surface area contributed by atoms with E-state index < -0.39 is 51.9 Å². The van der Waals surface area contributed by atoms with Crippen molar-refractivity contribution in [1.29, 1.82) is 0 Å². The number of benzene rings is 3. The smallest absolute Gasteiger partial charge is 0.352 e. The van der Waals surface area contributed by atoms with Crippen LogP contribution in [0, 0.1) is 0 Å². The molecular formula is C30H32Cl2F3N3O4S. The molecular weight excluding hydrogens is 626 g/mol. The number of carbonyl (C=O) groups excluding carboxylic acids is 2. The van der Waals surface area contributed by atoms with Crippen molar-refractivity contribution in [3.05, 3.63) is 99.5 Å². The molecule has 3 aromatic carbocycles. The molecule has 0 saturated carbocycles. The highest BCUT2D eigenvalue weighted by Crippen LogP contribution is 2.36. The van der Waals surface area contributed by atoms with Crippen LogP contribution in [0.25, 0.3) is 0 Å². The van der Waals surface area contributed by atoms with Gasteiger partial charge in [0.25, 0.3) is 0 Å². The molecule has 0 bridgehead atoms. The molecule has 0 fully saturated rings. The number of hydrogen-bond acceptors (Lipinski definition) is 4. The summed E-state index contributed by atoms with van der Waals surface area (Å²) in [6, 6.07) is 16.4. The van der Waals surface area contributed by atoms with Crippen LogP contribution in [0.4, 0.5) is 18.9 Å². The average molecular weight is 659 g/mol. The minimum absolute atomic E-state index is 0.0719. The van der Waals surface area contributed by atoms with Crippen molar-refractivity contribution in [2.45, 2.75) is 51.5 Å². The lowest BCUT2D eigenvalue weighted by Crippen LogP contribution is -2.54. The van der Waals surface area contributed by atoms with Crippen LogP contribution in [0.1, 0.15) is 37.0 Å². The summed E-state index contributed by atoms with van der Waals surface area (Å²) >= 11 is 12.6. The SMILES string of the molecule is CCC(C)NC(=O)C(Cc1ccccc1)N(Cc1ccccc1Cl)C(=O)CN(c1cc(C(F)(F)F)ccc1Cl)S(C)(=O)=O. The van der Waals surface area contributed by atoms with Gasteiger partial charge in [0, 0.05) is 24.0 Å². The monoisotopic (exact) mass is 657 g/mol. The molecule has 2 unspecified atom stereocenters. The molecule has 2 amide bonds. The molecule has 1 N–H and O–H groups in total. The van der Waals surface area contributed by atoms with Gasteiger partial charge >= 0.3 is 6.18 Å². The van der Waals surface area contributed by atoms with E-state index in [2.05, 4.69) is 5.32 Å². The van der Waals surface area contributed by atoms with Crippen LogP contribution in [-0.4, -0.2) is 50.0 Å². The van der Waals surface area contributed by atoms with Gasteiger partial charge in [0.2, 0.25) is 21.8 Å². The van der Waals surface area contributed by atoms with Gasteiger partial charge in [-0.1, -0.05) is 78.7 Å². The first kappa shape index (κ1) is 34.2. The number of alkyl halides is 3. The summed E-state index contributed by atoms with van der Waals surface area (Å²) in [5.74, 6) is -1.33. The predicted octanol–water partition coefficient (Wildman–Crippen LogP) is 6.33. The van der Waals surface area contributed by atoms with Crippen LogP contribution in [-0.2, 0) is 38.8 Å². The van der Waals surface area contributed by atoms with E-state index in [4.69, 9.17) is 23.2 Å². The summed E-state index contributed by atoms with van der Waals surface area (Å²) in [6.07, 6.45) is -3.36. The molecule has 232 valence electrons. The molecule has 3 rings (SSSR count). The number of nitrogens with one attached hydrogen (secondary N) is 1. The normalized spacial score (nSPS) is 13.2. The third-order valence-electron chi connectivity index (χ3n) is 6.79. The van der Waals surface area contributed by atoms with Crippen LogP contribution >= 0.6 is 23.2 Å². The zero-order valence-corrected chi connectivity index (χ0v) is 26.1. The Bertz CT molecular complexity index is 1540. The molecule has 0 aromatic heterocycles. The summed E-state index contributed by atoms with van der Waals surface area (Å²) in [5.41, 5.74) is -0.455. The van der Waals surface area contributed by atoms with Crippen molar-refractivity contribution < 1.29 is 31.2 Å². The van der Waals surface area contributed by atoms with Gasteiger partial charge in [-0.3, -0.25) is 13.9 Å². The van der Waals surface area contributed by atoms with E-state index in [9.17, 15) is 31.2 Å². The largest absolute Gasteiger partial charge is 0.416 e. The Balaban J connectivity index is 2.13. The van der Waals surface area contributed by atoms with E-state index in [0.717, 1.165) is 17.9 Å². The maximum atomic E-state index is 14.1. The Morgan fingerprint density at radius 1 is 0.953 bits per heavy atom. The highest BCUT2D eigenvalue weighted by molar-refractivity contribution is 7.92. The van der Waals surface area contributed by atoms with E-state index in [1.54, 1.807) is 61.5 Å². The number of halogens is 5. The standard InChI is InChI=1S/C30H32Cl2F3N3O4S/c1-4-20(2)36-29(40)27(16-21-10-6-5-7-11-21)37(18-22-12-8-9-13-24(22)31)28(39)19-38(43(3,41)42)26-17-23(30(33,34)35)14-15-25(26)32/h5-15,17,20,27H,4,16,18-19H2,1-3H3,(H,36,40). The van der Waals surface area contributed by atoms with Gasteiger partial charge in [0.05, 0.1) is 22.5 Å². The summed E-state index contributed by atoms with van der Waals surface area (Å²) in [6.45, 7) is 2.58. The van der Waals surface area contributed by atoms with Crippen molar-refractivity contribution in [2.75, 3.05) is 17.1 Å². The molecule has 0 spiro atoms. The number of amides is 2. The minimum atomic E-state index is -4.79. The first-order valence-electron chi connectivity index (χ1n) is 13.3. The van der Waals surface area contributed by atoms with E-state index in [1.807, 2.05) is 6.92 Å². The van der Waals surface area contributed by atoms with Crippen LogP contribution < -0.4 is 9.62 Å². The number of anilines is 1. The molecule has 0 aliphatic carbocycles. The van der Waals surface area contributed by atoms with Gasteiger partial charge in [-0.2, -0.15) is 13.2 Å². The van der Waals surface area contributed by atoms with E-state index >= 15 is 0 Å². The van der Waals surface area contributed by atoms with Crippen molar-refractivity contribution in [3.63, 3.8) is 0 Å². The zero-order chi connectivity index (χ0) is 31.9. The fourth-order valence-electron chi connectivity index (χ4n) is 4.28. The molecule has 0 radical (unpaired) electrons. The lowest BCUT2D eigenvalue weighted by molar-refractivity contribution is -0.140. The topological polar surface area (TPSA) is 86.8 Å². The van der Waals surface area contributed by atoms with Gasteiger partial charge in [0.1, 0.15) is 12.6 Å². The van der Waals surface area contributed by atoms with Gasteiger partial charge in [0.15, 0.2) is 0 Å². The first-order chi connectivity index (χ1) is 20.1. The second kappa shape index (κ2) is 14.5. The quantitative estimate of drug-likeness (QED) is 0.247. The lowest BCUT2D eigenvalue weighted by Gasteiger charge is -2.34. The van der Waals surface area contributed by atoms with Gasteiger partial charge < -0.3 is 10.2 Å². The Morgan fingerprint density at radius 3 is 2.16 bits per heavy atom. The van der Waals surface area contributed by atoms with Crippen molar-refractivity contribution in [1.82, 2.24) is 10.2 Å². The van der Waals surface area contributed by atoms with Gasteiger partial charge in [-0.05, 0) is 48.7 Å². The molecule has 0 heterocycles. The van der Waals surface area contributed by atoms with Crippen molar-refractivity contribution in [2.24, 2.45) is 0 Å². The van der Waals surface area contributed by atoms with Crippen LogP contribution in [0.3, 0.4) is 0 Å². The maximum Gasteiger partial charge on any atom is 0.416 e. The van der Waals surface area contributed by atoms with Crippen molar-refractivity contribution in [3.8, 4) is 0 Å². The number of sulfonamides is 1. The second-order valence-corrected chi connectivity index (χ2v) is 12.8. The number of carbonyl (C=O) groups is 2. The molecule has 2 atom stereocenters. The highest BCUT2D eigenvalue weighted by Gasteiger charge is 2.36. The summed E-state index contributed by atoms with van der Waals surface area (Å²) < 4.78 is 66.9. The number of rotatable bonds is 12. The van der Waals surface area contributed by atoms with Crippen LogP contribution in [0.2, 0.25) is 10.0 Å². The van der Waals surface area contributed by atoms with Gasteiger partial charge in [-0.25, -0.2) is 8.42 Å². The van der Waals surface area contributed by atoms with E-state index in [0.29, 0.717) is 33.4 Å². The molecule has 0 aliphatic heterocycles. The Kier molecular flexibility index (Phi) is 11.5. The molecule has 3 aromatic rings. The minimum Gasteiger partial charge on any atom is -0.352 e. The molecule has 13 heteroatoms. The fourth-order valence-corrected chi connectivity index (χ4v) is 5.60. The summed E-state index contributed by atoms with van der Waals surface area (Å²) in [4.78, 5) is 29.0. The third-order valence-corrected chi connectivity index (χ3v) is 8.61. The molecule has 0 saturated heterocycles. The van der Waals surface area contributed by atoms with Crippen molar-refractivity contribution >= 4 is 50.7 Å². The first-order valence-corrected chi connectivity index (χ1v) is 15.9. The summed E-state index contributed by atoms with van der Waals surface area (Å²) in [5, 5.41) is 2.89. The Morgan fingerprint density at radius 2 is 1.58 bits per heavy atom. The predicted molar refractivity (Wildman–Crippen MR) is 162 cm³/mol. The second-order valence-electron chi connectivity index (χ2n) is 10.1. The van der Waals surface area contributed by atoms with E-state index in [1.165, 1.54) is 4.90 Å². The zero-order valence-electron chi connectivity index (χ0n) is 23.7. The van der Waals surface area contributed by atoms with Crippen LogP contribution in [0.15, 0.2) is 72.8 Å². The highest BCUT2D eigenvalue weighted by atomic mass is 35.5. The number of hydrogen-bond donors (Lipinski definition) is 1.